The number of carbonyl (C=O) groups is 1. The predicted molar refractivity (Wildman–Crippen MR) is 148 cm³/mol. The normalized spacial score (nSPS) is 12.0. The molecule has 0 N–H and O–H groups in total. The quantitative estimate of drug-likeness (QED) is 0.0792. The molecule has 4 nitrogen and oxygen atoms in total. The number of halogens is 1. The first-order valence-electron chi connectivity index (χ1n) is 14.2. The fraction of sp³-hybridized carbons (Fsp3) is 0.767. The van der Waals surface area contributed by atoms with E-state index < -0.39 is 6.10 Å². The van der Waals surface area contributed by atoms with Gasteiger partial charge in [-0.25, -0.2) is 0 Å². The minimum absolute atomic E-state index is 0.177. The van der Waals surface area contributed by atoms with Gasteiger partial charge >= 0.3 is 5.97 Å². The highest BCUT2D eigenvalue weighted by molar-refractivity contribution is 6.18. The van der Waals surface area contributed by atoms with Crippen LogP contribution >= 0.6 is 11.6 Å². The molecule has 1 rings (SSSR count). The molecule has 35 heavy (non-hydrogen) atoms. The van der Waals surface area contributed by atoms with Crippen LogP contribution < -0.4 is 4.74 Å². The molecule has 0 saturated carbocycles. The molecule has 0 saturated heterocycles. The van der Waals surface area contributed by atoms with Gasteiger partial charge in [0.2, 0.25) is 0 Å². The number of hydrogen-bond acceptors (Lipinski definition) is 4. The summed E-state index contributed by atoms with van der Waals surface area (Å²) in [7, 11) is 1.70. The third-order valence-electron chi connectivity index (χ3n) is 6.41. The summed E-state index contributed by atoms with van der Waals surface area (Å²) >= 11 is 5.99. The van der Waals surface area contributed by atoms with Crippen molar-refractivity contribution in [1.29, 1.82) is 0 Å². The van der Waals surface area contributed by atoms with Crippen molar-refractivity contribution in [3.63, 3.8) is 0 Å². The summed E-state index contributed by atoms with van der Waals surface area (Å²) in [5.74, 6) is 0.805. The van der Waals surface area contributed by atoms with E-state index in [1.807, 2.05) is 24.3 Å². The lowest BCUT2D eigenvalue weighted by atomic mass is 10.0. The van der Waals surface area contributed by atoms with E-state index >= 15 is 0 Å². The molecule has 5 heteroatoms. The van der Waals surface area contributed by atoms with Gasteiger partial charge in [-0.2, -0.15) is 0 Å². The summed E-state index contributed by atoms with van der Waals surface area (Å²) in [5, 5.41) is 0. The Labute approximate surface area is 220 Å². The summed E-state index contributed by atoms with van der Waals surface area (Å²) in [6.07, 6.45) is 20.6. The molecule has 0 aliphatic heterocycles. The Bertz CT molecular complexity index is 605. The zero-order chi connectivity index (χ0) is 25.4. The van der Waals surface area contributed by atoms with Crippen LogP contribution in [0.25, 0.3) is 0 Å². The van der Waals surface area contributed by atoms with Crippen LogP contribution in [-0.2, 0) is 20.7 Å². The van der Waals surface area contributed by atoms with Crippen molar-refractivity contribution < 1.29 is 19.0 Å². The molecule has 1 aromatic rings. The minimum Gasteiger partial charge on any atom is -0.490 e. The van der Waals surface area contributed by atoms with Crippen molar-refractivity contribution in [2.45, 2.75) is 122 Å². The van der Waals surface area contributed by atoms with E-state index in [1.54, 1.807) is 7.11 Å². The standard InChI is InChI=1S/C30H51ClO4/c1-3-4-5-6-7-8-9-10-11-12-13-14-15-16-17-18-30(32)35-29(25-31)26-34-28-21-19-27(20-22-28)23-24-33-2/h19-22,29H,3-18,23-26H2,1-2H3/t29-/m1/s1. The molecule has 202 valence electrons. The number of alkyl halides is 1. The SMILES string of the molecule is CCCCCCCCCCCCCCCCCC(=O)O[C@H](CCl)COc1ccc(CCOC)cc1. The van der Waals surface area contributed by atoms with Gasteiger partial charge in [0.25, 0.3) is 0 Å². The minimum atomic E-state index is -0.423. The predicted octanol–water partition coefficient (Wildman–Crippen LogP) is 8.67. The Morgan fingerprint density at radius 3 is 1.80 bits per heavy atom. The molecular weight excluding hydrogens is 460 g/mol. The number of hydrogen-bond donors (Lipinski definition) is 0. The van der Waals surface area contributed by atoms with Gasteiger partial charge < -0.3 is 14.2 Å². The number of rotatable bonds is 24. The second-order valence-electron chi connectivity index (χ2n) is 9.66. The zero-order valence-corrected chi connectivity index (χ0v) is 23.3. The Hall–Kier alpha value is -1.26. The molecule has 0 heterocycles. The number of esters is 1. The Morgan fingerprint density at radius 2 is 1.31 bits per heavy atom. The van der Waals surface area contributed by atoms with Crippen LogP contribution in [0.15, 0.2) is 24.3 Å². The number of carbonyl (C=O) groups excluding carboxylic acids is 1. The van der Waals surface area contributed by atoms with Crippen LogP contribution in [0.3, 0.4) is 0 Å². The average molecular weight is 511 g/mol. The maximum atomic E-state index is 12.2. The van der Waals surface area contributed by atoms with Crippen LogP contribution in [-0.4, -0.2) is 38.3 Å². The van der Waals surface area contributed by atoms with Gasteiger partial charge in [0.1, 0.15) is 18.5 Å². The first kappa shape index (κ1) is 31.8. The van der Waals surface area contributed by atoms with E-state index in [4.69, 9.17) is 25.8 Å². The summed E-state index contributed by atoms with van der Waals surface area (Å²) in [6.45, 7) is 3.24. The molecular formula is C30H51ClO4. The lowest BCUT2D eigenvalue weighted by molar-refractivity contribution is -0.149. The number of unbranched alkanes of at least 4 members (excludes halogenated alkanes) is 14. The topological polar surface area (TPSA) is 44.8 Å². The third kappa shape index (κ3) is 18.6. The fourth-order valence-corrected chi connectivity index (χ4v) is 4.31. The average Bonchev–Trinajstić information content (AvgIpc) is 2.88. The zero-order valence-electron chi connectivity index (χ0n) is 22.5. The molecule has 1 atom stereocenters. The van der Waals surface area contributed by atoms with Crippen LogP contribution in [0.2, 0.25) is 0 Å². The van der Waals surface area contributed by atoms with Crippen molar-refractivity contribution in [2.75, 3.05) is 26.2 Å². The van der Waals surface area contributed by atoms with Crippen LogP contribution in [0, 0.1) is 0 Å². The lowest BCUT2D eigenvalue weighted by Crippen LogP contribution is -2.26. The van der Waals surface area contributed by atoms with Gasteiger partial charge in [-0.3, -0.25) is 4.79 Å². The van der Waals surface area contributed by atoms with E-state index in [2.05, 4.69) is 6.92 Å². The lowest BCUT2D eigenvalue weighted by Gasteiger charge is -2.16. The largest absolute Gasteiger partial charge is 0.490 e. The van der Waals surface area contributed by atoms with Gasteiger partial charge in [-0.05, 0) is 30.5 Å². The van der Waals surface area contributed by atoms with E-state index in [0.717, 1.165) is 25.0 Å². The van der Waals surface area contributed by atoms with Gasteiger partial charge in [-0.15, -0.1) is 11.6 Å². The van der Waals surface area contributed by atoms with E-state index in [1.165, 1.54) is 89.0 Å². The molecule has 0 bridgehead atoms. The Morgan fingerprint density at radius 1 is 0.800 bits per heavy atom. The second kappa shape index (κ2) is 23.2. The van der Waals surface area contributed by atoms with E-state index in [-0.39, 0.29) is 18.5 Å². The highest BCUT2D eigenvalue weighted by Crippen LogP contribution is 2.16. The monoisotopic (exact) mass is 510 g/mol. The first-order chi connectivity index (χ1) is 17.2. The molecule has 1 aromatic carbocycles. The van der Waals surface area contributed by atoms with Crippen LogP contribution in [0.4, 0.5) is 0 Å². The fourth-order valence-electron chi connectivity index (χ4n) is 4.16. The molecule has 0 spiro atoms. The van der Waals surface area contributed by atoms with Crippen molar-refractivity contribution >= 4 is 17.6 Å². The van der Waals surface area contributed by atoms with Crippen LogP contribution in [0.1, 0.15) is 115 Å². The Kier molecular flexibility index (Phi) is 21.0. The summed E-state index contributed by atoms with van der Waals surface area (Å²) in [4.78, 5) is 12.2. The maximum Gasteiger partial charge on any atom is 0.306 e. The van der Waals surface area contributed by atoms with Gasteiger partial charge in [-0.1, -0.05) is 109 Å². The molecule has 0 aliphatic carbocycles. The van der Waals surface area contributed by atoms with Crippen LogP contribution in [0.5, 0.6) is 5.75 Å². The summed E-state index contributed by atoms with van der Waals surface area (Å²) in [5.41, 5.74) is 1.20. The molecule has 0 aliphatic rings. The first-order valence-corrected chi connectivity index (χ1v) is 14.7. The number of benzene rings is 1. The van der Waals surface area contributed by atoms with E-state index in [0.29, 0.717) is 13.0 Å². The molecule has 0 unspecified atom stereocenters. The van der Waals surface area contributed by atoms with Crippen molar-refractivity contribution in [2.24, 2.45) is 0 Å². The van der Waals surface area contributed by atoms with Gasteiger partial charge in [0, 0.05) is 13.5 Å². The maximum absolute atomic E-state index is 12.2. The molecule has 0 radical (unpaired) electrons. The number of methoxy groups -OCH3 is 1. The van der Waals surface area contributed by atoms with Gasteiger partial charge in [0.15, 0.2) is 0 Å². The Balaban J connectivity index is 1.97. The van der Waals surface area contributed by atoms with Crippen molar-refractivity contribution in [1.82, 2.24) is 0 Å². The van der Waals surface area contributed by atoms with Gasteiger partial charge in [0.05, 0.1) is 12.5 Å². The number of ether oxygens (including phenoxy) is 3. The van der Waals surface area contributed by atoms with E-state index in [9.17, 15) is 4.79 Å². The molecule has 0 amide bonds. The van der Waals surface area contributed by atoms with Crippen molar-refractivity contribution in [3.05, 3.63) is 29.8 Å². The highest BCUT2D eigenvalue weighted by atomic mass is 35.5. The highest BCUT2D eigenvalue weighted by Gasteiger charge is 2.14. The smallest absolute Gasteiger partial charge is 0.306 e. The van der Waals surface area contributed by atoms with Crippen molar-refractivity contribution in [3.8, 4) is 5.75 Å². The molecule has 0 fully saturated rings. The second-order valence-corrected chi connectivity index (χ2v) is 9.97. The molecule has 0 aromatic heterocycles. The summed E-state index contributed by atoms with van der Waals surface area (Å²) < 4.78 is 16.4. The summed E-state index contributed by atoms with van der Waals surface area (Å²) in [6, 6.07) is 7.89. The third-order valence-corrected chi connectivity index (χ3v) is 6.75.